The van der Waals surface area contributed by atoms with E-state index in [1.54, 1.807) is 0 Å². The smallest absolute Gasteiger partial charge is 0.241 e. The minimum Gasteiger partial charge on any atom is -0.273 e. The molecule has 3 nitrogen and oxygen atoms in total. The predicted molar refractivity (Wildman–Crippen MR) is 70.5 cm³/mol. The van der Waals surface area contributed by atoms with E-state index >= 15 is 0 Å². The number of hydrogen-bond acceptors (Lipinski definition) is 2. The van der Waals surface area contributed by atoms with Crippen LogP contribution in [0, 0.1) is 0 Å². The van der Waals surface area contributed by atoms with Gasteiger partial charge in [0.1, 0.15) is 0 Å². The number of hydrazine groups is 1. The maximum Gasteiger partial charge on any atom is 0.241 e. The van der Waals surface area contributed by atoms with Crippen LogP contribution in [0.15, 0.2) is 42.5 Å². The Bertz CT molecular complexity index is 531. The van der Waals surface area contributed by atoms with Crippen LogP contribution in [0.1, 0.15) is 19.8 Å². The van der Waals surface area contributed by atoms with Gasteiger partial charge in [-0.3, -0.25) is 4.79 Å². The summed E-state index contributed by atoms with van der Waals surface area (Å²) in [7, 11) is 0. The third kappa shape index (κ3) is 2.29. The van der Waals surface area contributed by atoms with Crippen LogP contribution in [0.3, 0.4) is 0 Å². The van der Waals surface area contributed by atoms with E-state index in [0.29, 0.717) is 6.42 Å². The van der Waals surface area contributed by atoms with E-state index in [2.05, 4.69) is 0 Å². The molecule has 0 radical (unpaired) electrons. The van der Waals surface area contributed by atoms with Gasteiger partial charge in [-0.05, 0) is 17.9 Å². The molecule has 0 aliphatic carbocycles. The van der Waals surface area contributed by atoms with Crippen LogP contribution in [0.2, 0.25) is 0 Å². The van der Waals surface area contributed by atoms with Crippen LogP contribution in [0.25, 0.3) is 10.8 Å². The summed E-state index contributed by atoms with van der Waals surface area (Å²) < 4.78 is 0. The first-order valence-electron chi connectivity index (χ1n) is 5.79. The van der Waals surface area contributed by atoms with Crippen molar-refractivity contribution in [1.29, 1.82) is 0 Å². The number of nitrogens with zero attached hydrogens (tertiary/aromatic N) is 1. The molecular weight excluding hydrogens is 212 g/mol. The highest BCUT2D eigenvalue weighted by atomic mass is 16.2. The second kappa shape index (κ2) is 4.97. The van der Waals surface area contributed by atoms with Crippen molar-refractivity contribution in [2.75, 3.05) is 5.01 Å². The minimum absolute atomic E-state index is 0.0520. The first kappa shape index (κ1) is 11.6. The summed E-state index contributed by atoms with van der Waals surface area (Å²) in [6, 6.07) is 13.7. The lowest BCUT2D eigenvalue weighted by molar-refractivity contribution is -0.118. The van der Waals surface area contributed by atoms with Crippen LogP contribution in [0.5, 0.6) is 0 Å². The molecule has 17 heavy (non-hydrogen) atoms. The van der Waals surface area contributed by atoms with E-state index in [0.717, 1.165) is 22.9 Å². The minimum atomic E-state index is -0.0520. The molecule has 88 valence electrons. The molecule has 2 aromatic rings. The van der Waals surface area contributed by atoms with E-state index in [1.807, 2.05) is 49.4 Å². The molecule has 2 N–H and O–H groups in total. The Morgan fingerprint density at radius 3 is 2.65 bits per heavy atom. The average molecular weight is 228 g/mol. The number of anilines is 1. The Labute approximate surface area is 101 Å². The molecule has 2 aromatic carbocycles. The van der Waals surface area contributed by atoms with Crippen LogP contribution in [0.4, 0.5) is 5.69 Å². The van der Waals surface area contributed by atoms with E-state index < -0.39 is 0 Å². The van der Waals surface area contributed by atoms with Crippen molar-refractivity contribution in [1.82, 2.24) is 0 Å². The van der Waals surface area contributed by atoms with Crippen LogP contribution in [-0.2, 0) is 4.79 Å². The van der Waals surface area contributed by atoms with Gasteiger partial charge >= 0.3 is 0 Å². The third-order valence-corrected chi connectivity index (χ3v) is 2.76. The monoisotopic (exact) mass is 228 g/mol. The standard InChI is InChI=1S/C14H16N2O/c1-2-6-14(17)16(15)13-10-5-8-11-7-3-4-9-12(11)13/h3-5,7-10H,2,6,15H2,1H3. The van der Waals surface area contributed by atoms with Crippen LogP contribution >= 0.6 is 0 Å². The molecule has 1 amide bonds. The summed E-state index contributed by atoms with van der Waals surface area (Å²) in [4.78, 5) is 11.8. The van der Waals surface area contributed by atoms with E-state index in [1.165, 1.54) is 5.01 Å². The van der Waals surface area contributed by atoms with Crippen molar-refractivity contribution in [2.45, 2.75) is 19.8 Å². The van der Waals surface area contributed by atoms with Gasteiger partial charge in [0.25, 0.3) is 0 Å². The summed E-state index contributed by atoms with van der Waals surface area (Å²) in [6.07, 6.45) is 1.27. The van der Waals surface area contributed by atoms with Gasteiger partial charge in [0.05, 0.1) is 5.69 Å². The molecule has 0 unspecified atom stereocenters. The molecule has 0 bridgehead atoms. The molecule has 0 fully saturated rings. The maximum absolute atomic E-state index is 11.8. The van der Waals surface area contributed by atoms with E-state index in [9.17, 15) is 4.79 Å². The Morgan fingerprint density at radius 2 is 1.88 bits per heavy atom. The molecule has 0 heterocycles. The summed E-state index contributed by atoms with van der Waals surface area (Å²) in [5, 5.41) is 3.35. The van der Waals surface area contributed by atoms with Gasteiger partial charge in [-0.2, -0.15) is 0 Å². The molecule has 3 heteroatoms. The lowest BCUT2D eigenvalue weighted by Crippen LogP contribution is -2.37. The second-order valence-electron chi connectivity index (χ2n) is 4.01. The van der Waals surface area contributed by atoms with E-state index in [4.69, 9.17) is 5.84 Å². The number of hydrogen-bond donors (Lipinski definition) is 1. The summed E-state index contributed by atoms with van der Waals surface area (Å²) in [5.41, 5.74) is 0.765. The Morgan fingerprint density at radius 1 is 1.18 bits per heavy atom. The zero-order chi connectivity index (χ0) is 12.3. The van der Waals surface area contributed by atoms with Gasteiger partial charge in [-0.1, -0.05) is 43.3 Å². The fourth-order valence-corrected chi connectivity index (χ4v) is 1.89. The number of nitrogens with two attached hydrogens (primary N) is 1. The third-order valence-electron chi connectivity index (χ3n) is 2.76. The average Bonchev–Trinajstić information content (AvgIpc) is 2.37. The van der Waals surface area contributed by atoms with Crippen molar-refractivity contribution >= 4 is 22.4 Å². The molecule has 0 saturated carbocycles. The van der Waals surface area contributed by atoms with Crippen LogP contribution < -0.4 is 10.9 Å². The summed E-state index contributed by atoms with van der Waals surface area (Å²) >= 11 is 0. The highest BCUT2D eigenvalue weighted by Gasteiger charge is 2.12. The van der Waals surface area contributed by atoms with Crippen molar-refractivity contribution in [3.63, 3.8) is 0 Å². The molecule has 0 aliphatic heterocycles. The number of fused-ring (bicyclic) bond motifs is 1. The zero-order valence-corrected chi connectivity index (χ0v) is 9.89. The number of rotatable bonds is 3. The SMILES string of the molecule is CCCC(=O)N(N)c1cccc2ccccc12. The summed E-state index contributed by atoms with van der Waals surface area (Å²) in [6.45, 7) is 1.97. The fraction of sp³-hybridized carbons (Fsp3) is 0.214. The molecule has 0 atom stereocenters. The van der Waals surface area contributed by atoms with Crippen molar-refractivity contribution in [3.8, 4) is 0 Å². The van der Waals surface area contributed by atoms with E-state index in [-0.39, 0.29) is 5.91 Å². The second-order valence-corrected chi connectivity index (χ2v) is 4.01. The first-order chi connectivity index (χ1) is 8.24. The van der Waals surface area contributed by atoms with Crippen LogP contribution in [-0.4, -0.2) is 5.91 Å². The maximum atomic E-state index is 11.8. The first-order valence-corrected chi connectivity index (χ1v) is 5.79. The van der Waals surface area contributed by atoms with Crippen molar-refractivity contribution < 1.29 is 4.79 Å². The fourth-order valence-electron chi connectivity index (χ4n) is 1.89. The van der Waals surface area contributed by atoms with Crippen molar-refractivity contribution in [3.05, 3.63) is 42.5 Å². The number of amides is 1. The number of carbonyl (C=O) groups excluding carboxylic acids is 1. The molecule has 0 spiro atoms. The van der Waals surface area contributed by atoms with Gasteiger partial charge in [-0.25, -0.2) is 10.9 Å². The van der Waals surface area contributed by atoms with Gasteiger partial charge in [0.2, 0.25) is 5.91 Å². The van der Waals surface area contributed by atoms with Crippen molar-refractivity contribution in [2.24, 2.45) is 5.84 Å². The largest absolute Gasteiger partial charge is 0.273 e. The number of carbonyl (C=O) groups is 1. The highest BCUT2D eigenvalue weighted by Crippen LogP contribution is 2.25. The quantitative estimate of drug-likeness (QED) is 0.499. The molecule has 2 rings (SSSR count). The molecule has 0 saturated heterocycles. The Balaban J connectivity index is 2.44. The van der Waals surface area contributed by atoms with Gasteiger partial charge in [-0.15, -0.1) is 0 Å². The van der Waals surface area contributed by atoms with Gasteiger partial charge in [0, 0.05) is 11.8 Å². The normalized spacial score (nSPS) is 10.5. The lowest BCUT2D eigenvalue weighted by atomic mass is 10.1. The lowest BCUT2D eigenvalue weighted by Gasteiger charge is -2.18. The highest BCUT2D eigenvalue weighted by molar-refractivity contribution is 6.02. The van der Waals surface area contributed by atoms with Gasteiger partial charge in [0.15, 0.2) is 0 Å². The van der Waals surface area contributed by atoms with Gasteiger partial charge < -0.3 is 0 Å². The topological polar surface area (TPSA) is 46.3 Å². The Hall–Kier alpha value is -1.87. The summed E-state index contributed by atoms with van der Waals surface area (Å²) in [5.74, 6) is 5.82. The predicted octanol–water partition coefficient (Wildman–Crippen LogP) is 2.85. The molecule has 0 aliphatic rings. The molecular formula is C14H16N2O. The number of benzene rings is 2. The Kier molecular flexibility index (Phi) is 3.40. The zero-order valence-electron chi connectivity index (χ0n) is 9.89. The molecule has 0 aromatic heterocycles.